The zero-order valence-electron chi connectivity index (χ0n) is 14.7. The quantitative estimate of drug-likeness (QED) is 0.646. The zero-order chi connectivity index (χ0) is 18.7. The van der Waals surface area contributed by atoms with Gasteiger partial charge in [-0.2, -0.15) is 0 Å². The topological polar surface area (TPSA) is 74.0 Å². The predicted octanol–water partition coefficient (Wildman–Crippen LogP) is 4.16. The van der Waals surface area contributed by atoms with Gasteiger partial charge in [-0.05, 0) is 61.7 Å². The highest BCUT2D eigenvalue weighted by molar-refractivity contribution is 6.30. The third kappa shape index (κ3) is 4.24. The first-order valence-corrected chi connectivity index (χ1v) is 8.74. The van der Waals surface area contributed by atoms with E-state index in [0.29, 0.717) is 29.2 Å². The molecule has 5 nitrogen and oxygen atoms in total. The monoisotopic (exact) mass is 369 g/mol. The van der Waals surface area contributed by atoms with Crippen molar-refractivity contribution in [1.29, 1.82) is 0 Å². The normalized spacial score (nSPS) is 10.7. The molecule has 0 saturated carbocycles. The second-order valence-corrected chi connectivity index (χ2v) is 6.74. The van der Waals surface area contributed by atoms with Crippen molar-refractivity contribution >= 4 is 34.2 Å². The number of rotatable bonds is 4. The van der Waals surface area contributed by atoms with E-state index < -0.39 is 0 Å². The standard InChI is InChI=1S/C20H20ClN3O2/c1-12-8-13(2)17-10-14(19(25)24-18(17)9-12)6-7-22-20(26)23-16-5-3-4-15(21)11-16/h3-5,8-11H,6-7H2,1-2H3,(H,24,25)(H2,22,23,26). The van der Waals surface area contributed by atoms with Crippen LogP contribution in [0.1, 0.15) is 16.7 Å². The summed E-state index contributed by atoms with van der Waals surface area (Å²) in [7, 11) is 0. The summed E-state index contributed by atoms with van der Waals surface area (Å²) in [4.78, 5) is 27.1. The third-order valence-corrected chi connectivity index (χ3v) is 4.39. The maximum atomic E-state index is 12.3. The predicted molar refractivity (Wildman–Crippen MR) is 106 cm³/mol. The summed E-state index contributed by atoms with van der Waals surface area (Å²) in [6, 6.07) is 12.5. The minimum absolute atomic E-state index is 0.125. The van der Waals surface area contributed by atoms with Crippen LogP contribution in [0.4, 0.5) is 10.5 Å². The van der Waals surface area contributed by atoms with Gasteiger partial charge in [0, 0.05) is 33.7 Å². The summed E-state index contributed by atoms with van der Waals surface area (Å²) in [5.74, 6) is 0. The molecule has 0 atom stereocenters. The second kappa shape index (κ2) is 7.62. The van der Waals surface area contributed by atoms with Crippen molar-refractivity contribution in [2.24, 2.45) is 0 Å². The fourth-order valence-electron chi connectivity index (χ4n) is 2.95. The van der Waals surface area contributed by atoms with Gasteiger partial charge >= 0.3 is 6.03 Å². The van der Waals surface area contributed by atoms with Crippen LogP contribution in [-0.4, -0.2) is 17.6 Å². The first-order chi connectivity index (χ1) is 12.4. The molecule has 0 aliphatic heterocycles. The van der Waals surface area contributed by atoms with Crippen LogP contribution in [0.3, 0.4) is 0 Å². The van der Waals surface area contributed by atoms with Crippen LogP contribution in [0.15, 0.2) is 47.3 Å². The highest BCUT2D eigenvalue weighted by atomic mass is 35.5. The number of aryl methyl sites for hydroxylation is 2. The summed E-state index contributed by atoms with van der Waals surface area (Å²) in [6.45, 7) is 4.38. The number of amides is 2. The molecular weight excluding hydrogens is 350 g/mol. The Hall–Kier alpha value is -2.79. The van der Waals surface area contributed by atoms with Gasteiger partial charge in [-0.1, -0.05) is 23.7 Å². The van der Waals surface area contributed by atoms with E-state index in [2.05, 4.69) is 21.7 Å². The Labute approximate surface area is 156 Å². The van der Waals surface area contributed by atoms with Gasteiger partial charge in [-0.25, -0.2) is 4.79 Å². The van der Waals surface area contributed by atoms with E-state index in [1.54, 1.807) is 24.3 Å². The molecule has 1 aromatic heterocycles. The SMILES string of the molecule is Cc1cc(C)c2cc(CCNC(=O)Nc3cccc(Cl)c3)c(=O)[nH]c2c1. The number of carbonyl (C=O) groups is 1. The molecule has 134 valence electrons. The van der Waals surface area contributed by atoms with Crippen LogP contribution in [0.5, 0.6) is 0 Å². The van der Waals surface area contributed by atoms with Gasteiger partial charge in [0.25, 0.3) is 5.56 Å². The number of carbonyl (C=O) groups excluding carboxylic acids is 1. The number of hydrogen-bond acceptors (Lipinski definition) is 2. The number of fused-ring (bicyclic) bond motifs is 1. The van der Waals surface area contributed by atoms with E-state index in [1.807, 2.05) is 26.0 Å². The molecule has 0 unspecified atom stereocenters. The molecule has 3 N–H and O–H groups in total. The molecule has 0 spiro atoms. The number of H-pyrrole nitrogens is 1. The Kier molecular flexibility index (Phi) is 5.28. The minimum atomic E-state index is -0.337. The van der Waals surface area contributed by atoms with Crippen LogP contribution >= 0.6 is 11.6 Å². The highest BCUT2D eigenvalue weighted by Gasteiger charge is 2.07. The van der Waals surface area contributed by atoms with Crippen molar-refractivity contribution in [1.82, 2.24) is 10.3 Å². The maximum absolute atomic E-state index is 12.3. The molecule has 0 fully saturated rings. The van der Waals surface area contributed by atoms with Gasteiger partial charge < -0.3 is 15.6 Å². The number of pyridine rings is 1. The molecule has 26 heavy (non-hydrogen) atoms. The van der Waals surface area contributed by atoms with Gasteiger partial charge in [-0.15, -0.1) is 0 Å². The number of aromatic amines is 1. The molecule has 2 amide bonds. The van der Waals surface area contributed by atoms with Crippen molar-refractivity contribution in [3.8, 4) is 0 Å². The minimum Gasteiger partial charge on any atom is -0.338 e. The first kappa shape index (κ1) is 18.0. The fraction of sp³-hybridized carbons (Fsp3) is 0.200. The fourth-order valence-corrected chi connectivity index (χ4v) is 3.14. The lowest BCUT2D eigenvalue weighted by atomic mass is 10.0. The Morgan fingerprint density at radius 3 is 2.73 bits per heavy atom. The van der Waals surface area contributed by atoms with E-state index in [1.165, 1.54) is 0 Å². The number of halogens is 1. The van der Waals surface area contributed by atoms with Crippen LogP contribution in [0.25, 0.3) is 10.9 Å². The summed E-state index contributed by atoms with van der Waals surface area (Å²) in [5.41, 5.74) is 4.20. The van der Waals surface area contributed by atoms with Crippen LogP contribution in [0.2, 0.25) is 5.02 Å². The second-order valence-electron chi connectivity index (χ2n) is 6.31. The number of nitrogens with one attached hydrogen (secondary N) is 3. The summed E-state index contributed by atoms with van der Waals surface area (Å²) in [5, 5.41) is 7.03. The largest absolute Gasteiger partial charge is 0.338 e. The Morgan fingerprint density at radius 1 is 1.15 bits per heavy atom. The molecule has 0 aliphatic carbocycles. The third-order valence-electron chi connectivity index (χ3n) is 4.15. The van der Waals surface area contributed by atoms with E-state index in [-0.39, 0.29) is 11.6 Å². The molecule has 2 aromatic carbocycles. The number of benzene rings is 2. The lowest BCUT2D eigenvalue weighted by Gasteiger charge is -2.09. The van der Waals surface area contributed by atoms with Gasteiger partial charge in [-0.3, -0.25) is 4.79 Å². The summed E-state index contributed by atoms with van der Waals surface area (Å²) in [6.07, 6.45) is 0.446. The number of urea groups is 1. The molecule has 0 saturated heterocycles. The van der Waals surface area contributed by atoms with Gasteiger partial charge in [0.1, 0.15) is 0 Å². The van der Waals surface area contributed by atoms with Gasteiger partial charge in [0.2, 0.25) is 0 Å². The van der Waals surface area contributed by atoms with Crippen molar-refractivity contribution in [3.05, 3.63) is 74.5 Å². The number of anilines is 1. The summed E-state index contributed by atoms with van der Waals surface area (Å²) >= 11 is 5.89. The molecule has 0 radical (unpaired) electrons. The molecular formula is C20H20ClN3O2. The maximum Gasteiger partial charge on any atom is 0.319 e. The van der Waals surface area contributed by atoms with Gasteiger partial charge in [0.05, 0.1) is 0 Å². The zero-order valence-corrected chi connectivity index (χ0v) is 15.4. The van der Waals surface area contributed by atoms with E-state index in [0.717, 1.165) is 22.0 Å². The Balaban J connectivity index is 1.65. The van der Waals surface area contributed by atoms with Crippen molar-refractivity contribution < 1.29 is 4.79 Å². The van der Waals surface area contributed by atoms with Crippen LogP contribution in [-0.2, 0) is 6.42 Å². The van der Waals surface area contributed by atoms with Gasteiger partial charge in [0.15, 0.2) is 0 Å². The molecule has 3 rings (SSSR count). The van der Waals surface area contributed by atoms with Crippen molar-refractivity contribution in [3.63, 3.8) is 0 Å². The Morgan fingerprint density at radius 2 is 1.96 bits per heavy atom. The number of aromatic nitrogens is 1. The van der Waals surface area contributed by atoms with Crippen LogP contribution in [0, 0.1) is 13.8 Å². The van der Waals surface area contributed by atoms with Crippen molar-refractivity contribution in [2.45, 2.75) is 20.3 Å². The lowest BCUT2D eigenvalue weighted by molar-refractivity contribution is 0.252. The highest BCUT2D eigenvalue weighted by Crippen LogP contribution is 2.18. The van der Waals surface area contributed by atoms with E-state index >= 15 is 0 Å². The number of hydrogen-bond donors (Lipinski definition) is 3. The molecule has 1 heterocycles. The lowest BCUT2D eigenvalue weighted by Crippen LogP contribution is -2.31. The molecule has 0 bridgehead atoms. The molecule has 3 aromatic rings. The van der Waals surface area contributed by atoms with Crippen molar-refractivity contribution in [2.75, 3.05) is 11.9 Å². The average Bonchev–Trinajstić information content (AvgIpc) is 2.55. The smallest absolute Gasteiger partial charge is 0.319 e. The van der Waals surface area contributed by atoms with Crippen LogP contribution < -0.4 is 16.2 Å². The molecule has 6 heteroatoms. The average molecular weight is 370 g/mol. The molecule has 0 aliphatic rings. The van der Waals surface area contributed by atoms with E-state index in [4.69, 9.17) is 11.6 Å². The Bertz CT molecular complexity index is 1030. The summed E-state index contributed by atoms with van der Waals surface area (Å²) < 4.78 is 0. The first-order valence-electron chi connectivity index (χ1n) is 8.36. The van der Waals surface area contributed by atoms with E-state index in [9.17, 15) is 9.59 Å².